The molecule has 0 saturated heterocycles. The van der Waals surface area contributed by atoms with Crippen LogP contribution in [-0.2, 0) is 19.6 Å². The molecule has 0 spiro atoms. The van der Waals surface area contributed by atoms with E-state index in [0.29, 0.717) is 0 Å². The first-order valence-electron chi connectivity index (χ1n) is 13.9. The van der Waals surface area contributed by atoms with E-state index in [1.165, 1.54) is 27.8 Å². The maximum absolute atomic E-state index is 11.5. The van der Waals surface area contributed by atoms with Gasteiger partial charge in [-0.2, -0.15) is 0 Å². The predicted octanol–water partition coefficient (Wildman–Crippen LogP) is 7.26. The van der Waals surface area contributed by atoms with Crippen LogP contribution >= 0.6 is 0 Å². The van der Waals surface area contributed by atoms with Gasteiger partial charge in [-0.25, -0.2) is 10.0 Å². The normalized spacial score (nSPS) is 16.2. The second-order valence-electron chi connectivity index (χ2n) is 10.8. The number of nitro groups is 1. The second-order valence-corrected chi connectivity index (χ2v) is 10.8. The second kappa shape index (κ2) is 9.30. The lowest BCUT2D eigenvalue weighted by atomic mass is 9.96. The number of non-ortho nitro benzene ring substituents is 1. The third-order valence-electron chi connectivity index (χ3n) is 8.42. The molecule has 4 aliphatic heterocycles. The summed E-state index contributed by atoms with van der Waals surface area (Å²) in [6.07, 6.45) is 0. The molecule has 4 aliphatic rings. The monoisotopic (exact) mass is 537 g/mol. The molecule has 0 saturated carbocycles. The average molecular weight is 538 g/mol. The van der Waals surface area contributed by atoms with Crippen LogP contribution in [0.5, 0.6) is 0 Å². The van der Waals surface area contributed by atoms with Crippen LogP contribution in [0.2, 0.25) is 0 Å². The van der Waals surface area contributed by atoms with Crippen molar-refractivity contribution in [3.8, 4) is 11.1 Å². The topological polar surface area (TPSA) is 73.7 Å². The minimum atomic E-state index is -0.351. The molecule has 4 heterocycles. The Balaban J connectivity index is 1.41. The molecule has 1 atom stereocenters. The number of hydrogen-bond donors (Lipinski definition) is 2. The average Bonchev–Trinajstić information content (AvgIpc) is 3.67. The van der Waals surface area contributed by atoms with Crippen molar-refractivity contribution < 1.29 is 4.92 Å². The molecule has 5 aromatic carbocycles. The van der Waals surface area contributed by atoms with E-state index in [2.05, 4.69) is 99.5 Å². The van der Waals surface area contributed by atoms with Gasteiger partial charge in [-0.3, -0.25) is 10.1 Å². The summed E-state index contributed by atoms with van der Waals surface area (Å²) < 4.78 is 0. The lowest BCUT2D eigenvalue weighted by Crippen LogP contribution is -2.36. The predicted molar refractivity (Wildman–Crippen MR) is 161 cm³/mol. The Morgan fingerprint density at radius 2 is 1.56 bits per heavy atom. The van der Waals surface area contributed by atoms with Gasteiger partial charge in [0.15, 0.2) is 0 Å². The van der Waals surface area contributed by atoms with Crippen molar-refractivity contribution in [2.24, 2.45) is 0 Å². The van der Waals surface area contributed by atoms with E-state index in [0.717, 1.165) is 53.5 Å². The fourth-order valence-corrected chi connectivity index (χ4v) is 6.41. The molecule has 1 unspecified atom stereocenters. The van der Waals surface area contributed by atoms with E-state index >= 15 is 0 Å². The van der Waals surface area contributed by atoms with Gasteiger partial charge in [0.2, 0.25) is 0 Å². The minimum absolute atomic E-state index is 0.0678. The standard InChI is InChI=1S/C34H27N5O2/c40-39(41)28-11-9-27(10-12-28)37(29-8-6-24-19-35-20-25(24)16-29)38-30-13-15-32-26(17-30)21-36-34(32)23-7-14-31(33(38)18-23)22-4-2-1-3-5-22/h1-18,34-36H,19-21H2. The molecule has 7 nitrogen and oxygen atoms in total. The number of nitrogens with one attached hydrogen (secondary N) is 2. The van der Waals surface area contributed by atoms with Crippen LogP contribution in [0.3, 0.4) is 0 Å². The number of benzene rings is 5. The van der Waals surface area contributed by atoms with Crippen LogP contribution in [0.1, 0.15) is 33.9 Å². The number of rotatable bonds is 5. The van der Waals surface area contributed by atoms with E-state index in [1.807, 2.05) is 18.2 Å². The quantitative estimate of drug-likeness (QED) is 0.182. The maximum Gasteiger partial charge on any atom is 0.269 e. The molecule has 200 valence electrons. The van der Waals surface area contributed by atoms with Crippen LogP contribution < -0.4 is 20.7 Å². The van der Waals surface area contributed by atoms with Crippen molar-refractivity contribution in [1.29, 1.82) is 0 Å². The van der Waals surface area contributed by atoms with Gasteiger partial charge in [0.25, 0.3) is 5.69 Å². The molecule has 6 bridgehead atoms. The molecule has 0 amide bonds. The largest absolute Gasteiger partial charge is 0.309 e. The number of anilines is 4. The lowest BCUT2D eigenvalue weighted by Gasteiger charge is -2.40. The summed E-state index contributed by atoms with van der Waals surface area (Å²) in [5.74, 6) is 0. The van der Waals surface area contributed by atoms with Gasteiger partial charge < -0.3 is 10.6 Å². The summed E-state index contributed by atoms with van der Waals surface area (Å²) in [5.41, 5.74) is 12.5. The molecular weight excluding hydrogens is 510 g/mol. The van der Waals surface area contributed by atoms with Gasteiger partial charge >= 0.3 is 0 Å². The number of nitro benzene ring substituents is 1. The third kappa shape index (κ3) is 3.89. The van der Waals surface area contributed by atoms with E-state index in [-0.39, 0.29) is 16.7 Å². The Labute approximate surface area is 237 Å². The minimum Gasteiger partial charge on any atom is -0.309 e. The molecule has 0 aromatic heterocycles. The Morgan fingerprint density at radius 1 is 0.756 bits per heavy atom. The van der Waals surface area contributed by atoms with E-state index < -0.39 is 0 Å². The van der Waals surface area contributed by atoms with Crippen molar-refractivity contribution in [3.05, 3.63) is 147 Å². The molecule has 2 N–H and O–H groups in total. The Bertz CT molecular complexity index is 1820. The molecular formula is C34H27N5O2. The summed E-state index contributed by atoms with van der Waals surface area (Å²) in [5, 5.41) is 23.2. The highest BCUT2D eigenvalue weighted by Gasteiger charge is 2.32. The van der Waals surface area contributed by atoms with E-state index in [4.69, 9.17) is 0 Å². The first-order valence-corrected chi connectivity index (χ1v) is 13.9. The molecule has 0 fully saturated rings. The molecule has 9 rings (SSSR count). The molecule has 0 radical (unpaired) electrons. The summed E-state index contributed by atoms with van der Waals surface area (Å²) in [6, 6.07) is 37.5. The van der Waals surface area contributed by atoms with Gasteiger partial charge in [0.1, 0.15) is 0 Å². The summed E-state index contributed by atoms with van der Waals surface area (Å²) in [6.45, 7) is 2.48. The number of nitrogens with zero attached hydrogens (tertiary/aromatic N) is 3. The number of hydrazine groups is 1. The van der Waals surface area contributed by atoms with Gasteiger partial charge in [-0.15, -0.1) is 0 Å². The van der Waals surface area contributed by atoms with Gasteiger partial charge in [0, 0.05) is 37.3 Å². The molecule has 0 aliphatic carbocycles. The third-order valence-corrected chi connectivity index (χ3v) is 8.42. The van der Waals surface area contributed by atoms with Crippen LogP contribution in [-0.4, -0.2) is 4.92 Å². The van der Waals surface area contributed by atoms with E-state index in [1.54, 1.807) is 12.1 Å². The highest BCUT2D eigenvalue weighted by Crippen LogP contribution is 2.47. The first kappa shape index (κ1) is 23.9. The molecule has 41 heavy (non-hydrogen) atoms. The van der Waals surface area contributed by atoms with Crippen molar-refractivity contribution >= 4 is 28.4 Å². The van der Waals surface area contributed by atoms with Crippen LogP contribution in [0, 0.1) is 10.1 Å². The SMILES string of the molecule is O=[N+]([O-])c1ccc(N(c2ccc3c(c2)CNC3)N2c3ccc4c(c3)CNC4c3ccc(-c4ccccc4)c2c3)cc1. The van der Waals surface area contributed by atoms with Crippen LogP contribution in [0.4, 0.5) is 28.4 Å². The fraction of sp³-hybridized carbons (Fsp3) is 0.118. The number of fused-ring (bicyclic) bond motifs is 2. The van der Waals surface area contributed by atoms with E-state index in [9.17, 15) is 10.1 Å². The smallest absolute Gasteiger partial charge is 0.269 e. The summed E-state index contributed by atoms with van der Waals surface area (Å²) in [7, 11) is 0. The Kier molecular flexibility index (Phi) is 5.41. The van der Waals surface area contributed by atoms with Crippen molar-refractivity contribution in [2.75, 3.05) is 10.0 Å². The number of hydrogen-bond acceptors (Lipinski definition) is 6. The fourth-order valence-electron chi connectivity index (χ4n) is 6.41. The van der Waals surface area contributed by atoms with Gasteiger partial charge in [-0.1, -0.05) is 54.6 Å². The summed E-state index contributed by atoms with van der Waals surface area (Å²) >= 11 is 0. The zero-order valence-electron chi connectivity index (χ0n) is 22.2. The van der Waals surface area contributed by atoms with Crippen molar-refractivity contribution in [3.63, 3.8) is 0 Å². The van der Waals surface area contributed by atoms with Crippen molar-refractivity contribution in [1.82, 2.24) is 10.6 Å². The van der Waals surface area contributed by atoms with Crippen LogP contribution in [0.25, 0.3) is 11.1 Å². The zero-order valence-corrected chi connectivity index (χ0v) is 22.2. The Hall–Kier alpha value is -4.98. The zero-order chi connectivity index (χ0) is 27.5. The van der Waals surface area contributed by atoms with Gasteiger partial charge in [-0.05, 0) is 75.8 Å². The Morgan fingerprint density at radius 3 is 2.39 bits per heavy atom. The first-order chi connectivity index (χ1) is 20.1. The molecule has 7 heteroatoms. The highest BCUT2D eigenvalue weighted by molar-refractivity contribution is 5.88. The van der Waals surface area contributed by atoms with Gasteiger partial charge in [0.05, 0.1) is 33.7 Å². The van der Waals surface area contributed by atoms with Crippen LogP contribution in [0.15, 0.2) is 109 Å². The lowest BCUT2D eigenvalue weighted by molar-refractivity contribution is -0.384. The summed E-state index contributed by atoms with van der Waals surface area (Å²) in [4.78, 5) is 11.2. The maximum atomic E-state index is 11.5. The highest BCUT2D eigenvalue weighted by atomic mass is 16.6. The van der Waals surface area contributed by atoms with Crippen molar-refractivity contribution in [2.45, 2.75) is 25.7 Å². The molecule has 5 aromatic rings.